The van der Waals surface area contributed by atoms with Gasteiger partial charge in [0.15, 0.2) is 0 Å². The van der Waals surface area contributed by atoms with Crippen molar-refractivity contribution in [2.75, 3.05) is 12.4 Å². The summed E-state index contributed by atoms with van der Waals surface area (Å²) in [6.07, 6.45) is 11.3. The number of likely N-dealkylation sites (N-methyl/N-ethyl adjacent to an activating group) is 1. The number of hydrogen-bond acceptors (Lipinski definition) is 8. The molecule has 43 heavy (non-hydrogen) atoms. The van der Waals surface area contributed by atoms with Crippen LogP contribution in [-0.2, 0) is 17.8 Å². The van der Waals surface area contributed by atoms with Crippen LogP contribution in [0.3, 0.4) is 0 Å². The molecule has 4 aromatic rings. The number of amides is 1. The summed E-state index contributed by atoms with van der Waals surface area (Å²) in [5.41, 5.74) is 15.4. The summed E-state index contributed by atoms with van der Waals surface area (Å²) in [7, 11) is 1.67. The van der Waals surface area contributed by atoms with Crippen molar-refractivity contribution < 1.29 is 9.18 Å². The number of anilines is 1. The van der Waals surface area contributed by atoms with Gasteiger partial charge in [-0.05, 0) is 55.8 Å². The minimum atomic E-state index is -0.998. The Hall–Kier alpha value is -5.07. The van der Waals surface area contributed by atoms with Crippen LogP contribution in [0.5, 0.6) is 0 Å². The van der Waals surface area contributed by atoms with Gasteiger partial charge in [-0.2, -0.15) is 5.53 Å². The van der Waals surface area contributed by atoms with E-state index in [2.05, 4.69) is 37.0 Å². The van der Waals surface area contributed by atoms with Crippen LogP contribution in [0.15, 0.2) is 72.2 Å². The number of hydrazine groups is 2. The molecule has 0 spiro atoms. The zero-order chi connectivity index (χ0) is 30.1. The van der Waals surface area contributed by atoms with Gasteiger partial charge in [0.05, 0.1) is 36.4 Å². The number of rotatable bonds is 8. The minimum Gasteiger partial charge on any atom is -0.319 e. The fourth-order valence-electron chi connectivity index (χ4n) is 5.21. The highest BCUT2D eigenvalue weighted by Gasteiger charge is 2.21. The fourth-order valence-corrected chi connectivity index (χ4v) is 5.21. The quantitative estimate of drug-likeness (QED) is 0.215. The molecule has 5 N–H and O–H groups in total. The third kappa shape index (κ3) is 5.57. The average molecular weight is 582 g/mol. The Bertz CT molecular complexity index is 1810. The van der Waals surface area contributed by atoms with Gasteiger partial charge in [-0.3, -0.25) is 19.1 Å². The van der Waals surface area contributed by atoms with Crippen molar-refractivity contribution >= 4 is 23.4 Å². The standard InChI is InChI=1S/C31H32FN9O2/c1-18-16-40(28-9-8-23(32)11-25(18)28)24-10-20(12-34-13-24)17-41-29(22-6-4-21(5-7-22)26-15-36-39-38-26)35-14-27(31(41)43)37-30(42)19(2)33-3/h4-10,12-16,19,23,33,36,38-39H,11,17H2,1-3H3,(H,37,42)/t19-,23?/m0/s1. The number of alkyl halides is 1. The van der Waals surface area contributed by atoms with Crippen molar-refractivity contribution in [1.82, 2.24) is 40.8 Å². The van der Waals surface area contributed by atoms with Crippen molar-refractivity contribution in [2.24, 2.45) is 0 Å². The van der Waals surface area contributed by atoms with E-state index in [4.69, 9.17) is 0 Å². The molecule has 12 heteroatoms. The van der Waals surface area contributed by atoms with E-state index in [0.717, 1.165) is 44.9 Å². The topological polar surface area (TPSA) is 130 Å². The van der Waals surface area contributed by atoms with E-state index in [1.165, 1.54) is 10.8 Å². The third-order valence-corrected chi connectivity index (χ3v) is 7.70. The van der Waals surface area contributed by atoms with Crippen molar-refractivity contribution in [3.8, 4) is 17.1 Å². The maximum absolute atomic E-state index is 14.1. The van der Waals surface area contributed by atoms with Crippen LogP contribution in [0.4, 0.5) is 10.1 Å². The second-order valence-electron chi connectivity index (χ2n) is 10.6. The van der Waals surface area contributed by atoms with Crippen molar-refractivity contribution in [2.45, 2.75) is 39.0 Å². The van der Waals surface area contributed by atoms with Gasteiger partial charge >= 0.3 is 0 Å². The summed E-state index contributed by atoms with van der Waals surface area (Å²) < 4.78 is 17.6. The Labute approximate surface area is 247 Å². The Kier molecular flexibility index (Phi) is 7.61. The van der Waals surface area contributed by atoms with Crippen LogP contribution in [0, 0.1) is 6.92 Å². The molecule has 3 aromatic heterocycles. The molecule has 6 rings (SSSR count). The lowest BCUT2D eigenvalue weighted by Gasteiger charge is -2.17. The van der Waals surface area contributed by atoms with E-state index in [-0.39, 0.29) is 18.1 Å². The van der Waals surface area contributed by atoms with Crippen LogP contribution in [0.1, 0.15) is 34.9 Å². The summed E-state index contributed by atoms with van der Waals surface area (Å²) in [5.74, 6) is 0.0990. The van der Waals surface area contributed by atoms with Gasteiger partial charge in [-0.1, -0.05) is 24.3 Å². The van der Waals surface area contributed by atoms with Gasteiger partial charge in [-0.25, -0.2) is 9.37 Å². The van der Waals surface area contributed by atoms with Gasteiger partial charge < -0.3 is 26.1 Å². The number of allylic oxidation sites excluding steroid dienone is 1. The number of fused-ring (bicyclic) bond motifs is 1. The van der Waals surface area contributed by atoms with E-state index in [1.807, 2.05) is 54.2 Å². The summed E-state index contributed by atoms with van der Waals surface area (Å²) in [6, 6.07) is 9.10. The lowest BCUT2D eigenvalue weighted by Crippen LogP contribution is -2.38. The Morgan fingerprint density at radius 2 is 1.98 bits per heavy atom. The number of aromatic nitrogens is 4. The van der Waals surface area contributed by atoms with Crippen molar-refractivity contribution in [3.63, 3.8) is 0 Å². The Balaban J connectivity index is 1.39. The number of carbonyl (C=O) groups is 1. The molecule has 1 aliphatic heterocycles. The number of hydrogen-bond donors (Lipinski definition) is 5. The largest absolute Gasteiger partial charge is 0.319 e. The number of aryl methyl sites for hydroxylation is 1. The first kappa shape index (κ1) is 28.1. The van der Waals surface area contributed by atoms with E-state index in [0.29, 0.717) is 12.2 Å². The monoisotopic (exact) mass is 581 g/mol. The molecule has 0 fully saturated rings. The van der Waals surface area contributed by atoms with E-state index < -0.39 is 17.8 Å². The molecule has 0 saturated carbocycles. The van der Waals surface area contributed by atoms with Gasteiger partial charge in [0.25, 0.3) is 5.56 Å². The summed E-state index contributed by atoms with van der Waals surface area (Å²) in [4.78, 5) is 35.6. The highest BCUT2D eigenvalue weighted by Crippen LogP contribution is 2.29. The smallest absolute Gasteiger partial charge is 0.277 e. The first-order valence-corrected chi connectivity index (χ1v) is 13.9. The molecule has 0 radical (unpaired) electrons. The summed E-state index contributed by atoms with van der Waals surface area (Å²) in [5, 5.41) is 5.58. The van der Waals surface area contributed by atoms with Crippen molar-refractivity contribution in [3.05, 3.63) is 106 Å². The number of carbonyl (C=O) groups excluding carboxylic acids is 1. The zero-order valence-corrected chi connectivity index (χ0v) is 24.0. The number of halogens is 1. The lowest BCUT2D eigenvalue weighted by molar-refractivity contribution is -0.117. The molecule has 220 valence electrons. The first-order valence-electron chi connectivity index (χ1n) is 13.9. The second kappa shape index (κ2) is 11.7. The van der Waals surface area contributed by atoms with Crippen LogP contribution < -0.4 is 32.6 Å². The molecule has 0 bridgehead atoms. The molecular weight excluding hydrogens is 549 g/mol. The molecule has 4 heterocycles. The highest BCUT2D eigenvalue weighted by molar-refractivity contribution is 5.94. The fraction of sp³-hybridized carbons (Fsp3) is 0.226. The first-order chi connectivity index (χ1) is 20.8. The molecule has 2 aliphatic rings. The van der Waals surface area contributed by atoms with Crippen LogP contribution in [0.25, 0.3) is 28.8 Å². The summed E-state index contributed by atoms with van der Waals surface area (Å²) in [6.45, 7) is 3.83. The molecule has 1 unspecified atom stereocenters. The van der Waals surface area contributed by atoms with Gasteiger partial charge in [0.2, 0.25) is 5.91 Å². The maximum Gasteiger partial charge on any atom is 0.277 e. The van der Waals surface area contributed by atoms with E-state index in [1.54, 1.807) is 38.5 Å². The third-order valence-electron chi connectivity index (χ3n) is 7.70. The van der Waals surface area contributed by atoms with Crippen molar-refractivity contribution in [1.29, 1.82) is 0 Å². The number of nitrogens with one attached hydrogen (secondary N) is 5. The van der Waals surface area contributed by atoms with Crippen LogP contribution >= 0.6 is 0 Å². The zero-order valence-electron chi connectivity index (χ0n) is 24.0. The highest BCUT2D eigenvalue weighted by atomic mass is 19.1. The van der Waals surface area contributed by atoms with E-state index in [9.17, 15) is 14.0 Å². The second-order valence-corrected chi connectivity index (χ2v) is 10.6. The number of pyridine rings is 1. The molecule has 0 saturated heterocycles. The Morgan fingerprint density at radius 1 is 1.19 bits per heavy atom. The minimum absolute atomic E-state index is 0.0788. The number of nitrogens with zero attached hydrogens (tertiary/aromatic N) is 4. The van der Waals surface area contributed by atoms with Crippen LogP contribution in [0.2, 0.25) is 0 Å². The SMILES string of the molecule is CN[C@@H](C)C(=O)Nc1cnc(-c2ccc(C3=CNNN3)cc2)n(Cc2cncc(-n3cc(C)c4c3C=CC(F)C4)c2)c1=O. The normalized spacial score (nSPS) is 16.2. The molecule has 1 aliphatic carbocycles. The predicted molar refractivity (Wildman–Crippen MR) is 164 cm³/mol. The summed E-state index contributed by atoms with van der Waals surface area (Å²) >= 11 is 0. The molecular formula is C31H32FN9O2. The van der Waals surface area contributed by atoms with Gasteiger partial charge in [-0.15, -0.1) is 0 Å². The van der Waals surface area contributed by atoms with Gasteiger partial charge in [0, 0.05) is 41.8 Å². The number of benzene rings is 1. The molecule has 1 amide bonds. The average Bonchev–Trinajstić information content (AvgIpc) is 3.67. The predicted octanol–water partition coefficient (Wildman–Crippen LogP) is 2.82. The van der Waals surface area contributed by atoms with Gasteiger partial charge in [0.1, 0.15) is 17.7 Å². The molecule has 11 nitrogen and oxygen atoms in total. The lowest BCUT2D eigenvalue weighted by atomic mass is 10.00. The maximum atomic E-state index is 14.1. The van der Waals surface area contributed by atoms with Crippen LogP contribution in [-0.4, -0.2) is 44.3 Å². The molecule has 2 atom stereocenters. The molecule has 1 aromatic carbocycles. The Morgan fingerprint density at radius 3 is 2.72 bits per heavy atom. The van der Waals surface area contributed by atoms with E-state index >= 15 is 0 Å².